The molecular formula is C7H6Cl2FPS. The van der Waals surface area contributed by atoms with E-state index in [1.54, 1.807) is 12.1 Å². The van der Waals surface area contributed by atoms with Gasteiger partial charge in [0, 0.05) is 6.16 Å². The number of rotatable bonds is 2. The minimum absolute atomic E-state index is 0.288. The average Bonchev–Trinajstić information content (AvgIpc) is 1.82. The molecule has 5 heteroatoms. The summed E-state index contributed by atoms with van der Waals surface area (Å²) >= 11 is 16.2. The van der Waals surface area contributed by atoms with Gasteiger partial charge in [0.2, 0.25) is 0 Å². The van der Waals surface area contributed by atoms with Crippen molar-refractivity contribution in [1.29, 1.82) is 0 Å². The fraction of sp³-hybridized carbons (Fsp3) is 0.143. The first-order valence-electron chi connectivity index (χ1n) is 3.20. The van der Waals surface area contributed by atoms with E-state index in [2.05, 4.69) is 0 Å². The molecule has 0 aromatic heterocycles. The molecule has 0 aliphatic carbocycles. The van der Waals surface area contributed by atoms with Crippen LogP contribution in [0.25, 0.3) is 0 Å². The molecule has 0 saturated heterocycles. The molecular weight excluding hydrogens is 237 g/mol. The lowest BCUT2D eigenvalue weighted by molar-refractivity contribution is 0.626. The standard InChI is InChI=1S/C7H6Cl2FPS/c8-11(9,12)5-6-2-1-3-7(10)4-6/h1-4H,5H2. The van der Waals surface area contributed by atoms with Gasteiger partial charge in [-0.2, -0.15) is 0 Å². The summed E-state index contributed by atoms with van der Waals surface area (Å²) in [6.45, 7) is 0. The number of hydrogen-bond donors (Lipinski definition) is 0. The van der Waals surface area contributed by atoms with E-state index in [4.69, 9.17) is 34.3 Å². The van der Waals surface area contributed by atoms with Crippen molar-refractivity contribution < 1.29 is 4.39 Å². The molecule has 66 valence electrons. The summed E-state index contributed by atoms with van der Waals surface area (Å²) in [6.07, 6.45) is 0.378. The van der Waals surface area contributed by atoms with Gasteiger partial charge in [-0.15, -0.1) is 0 Å². The predicted octanol–water partition coefficient (Wildman–Crippen LogP) is 4.11. The van der Waals surface area contributed by atoms with E-state index < -0.39 is 4.74 Å². The highest BCUT2D eigenvalue weighted by molar-refractivity contribution is 8.38. The molecule has 0 unspecified atom stereocenters. The Balaban J connectivity index is 2.84. The summed E-state index contributed by atoms with van der Waals surface area (Å²) in [5, 5.41) is 0. The molecule has 0 bridgehead atoms. The van der Waals surface area contributed by atoms with E-state index in [0.29, 0.717) is 6.16 Å². The van der Waals surface area contributed by atoms with Crippen molar-refractivity contribution in [3.63, 3.8) is 0 Å². The van der Waals surface area contributed by atoms with E-state index in [0.717, 1.165) is 5.56 Å². The van der Waals surface area contributed by atoms with Gasteiger partial charge >= 0.3 is 0 Å². The molecule has 0 saturated carbocycles. The lowest BCUT2D eigenvalue weighted by atomic mass is 10.2. The van der Waals surface area contributed by atoms with Crippen LogP contribution in [0.5, 0.6) is 0 Å². The van der Waals surface area contributed by atoms with Crippen LogP contribution in [0.1, 0.15) is 5.56 Å². The molecule has 1 aromatic rings. The maximum absolute atomic E-state index is 12.6. The molecule has 0 N–H and O–H groups in total. The molecule has 12 heavy (non-hydrogen) atoms. The fourth-order valence-electron chi connectivity index (χ4n) is 0.848. The van der Waals surface area contributed by atoms with Gasteiger partial charge in [-0.1, -0.05) is 46.4 Å². The molecule has 1 rings (SSSR count). The zero-order valence-corrected chi connectivity index (χ0v) is 9.23. The Labute approximate surface area is 85.3 Å². The van der Waals surface area contributed by atoms with Crippen molar-refractivity contribution in [2.45, 2.75) is 6.16 Å². The van der Waals surface area contributed by atoms with E-state index in [1.165, 1.54) is 12.1 Å². The minimum atomic E-state index is -2.30. The van der Waals surface area contributed by atoms with E-state index >= 15 is 0 Å². The largest absolute Gasteiger partial charge is 0.207 e. The van der Waals surface area contributed by atoms with Crippen LogP contribution in [0.2, 0.25) is 0 Å². The van der Waals surface area contributed by atoms with Gasteiger partial charge in [0.15, 0.2) is 0 Å². The number of hydrogen-bond acceptors (Lipinski definition) is 1. The predicted molar refractivity (Wildman–Crippen MR) is 56.1 cm³/mol. The second-order valence-electron chi connectivity index (χ2n) is 2.36. The quantitative estimate of drug-likeness (QED) is 0.704. The second-order valence-corrected chi connectivity index (χ2v) is 10.9. The van der Waals surface area contributed by atoms with Crippen LogP contribution in [0.4, 0.5) is 4.39 Å². The normalized spacial score (nSPS) is 11.6. The first kappa shape index (κ1) is 10.5. The van der Waals surface area contributed by atoms with Crippen LogP contribution in [-0.4, -0.2) is 0 Å². The fourth-order valence-corrected chi connectivity index (χ4v) is 2.74. The van der Waals surface area contributed by atoms with Gasteiger partial charge in [-0.05, 0) is 17.7 Å². The Morgan fingerprint density at radius 3 is 2.58 bits per heavy atom. The Morgan fingerprint density at radius 2 is 2.08 bits per heavy atom. The Hall–Kier alpha value is 0.380. The lowest BCUT2D eigenvalue weighted by Crippen LogP contribution is -1.81. The number of halogens is 3. The summed E-state index contributed by atoms with van der Waals surface area (Å²) in [4.78, 5) is 0. The van der Waals surface area contributed by atoms with E-state index in [1.807, 2.05) is 0 Å². The molecule has 0 aliphatic heterocycles. The van der Waals surface area contributed by atoms with Crippen LogP contribution in [0, 0.1) is 5.82 Å². The Morgan fingerprint density at radius 1 is 1.42 bits per heavy atom. The Kier molecular flexibility index (Phi) is 3.54. The molecule has 0 heterocycles. The third-order valence-electron chi connectivity index (χ3n) is 1.26. The monoisotopic (exact) mass is 242 g/mol. The van der Waals surface area contributed by atoms with E-state index in [-0.39, 0.29) is 5.82 Å². The Bertz CT molecular complexity index is 323. The molecule has 0 nitrogen and oxygen atoms in total. The first-order valence-corrected chi connectivity index (χ1v) is 8.00. The molecule has 0 radical (unpaired) electrons. The van der Waals surface area contributed by atoms with Gasteiger partial charge in [0.05, 0.1) is 0 Å². The lowest BCUT2D eigenvalue weighted by Gasteiger charge is -2.04. The average molecular weight is 243 g/mol. The molecule has 0 spiro atoms. The van der Waals surface area contributed by atoms with Crippen molar-refractivity contribution in [2.75, 3.05) is 0 Å². The summed E-state index contributed by atoms with van der Waals surface area (Å²) in [5.74, 6) is -0.288. The van der Waals surface area contributed by atoms with Crippen molar-refractivity contribution in [3.8, 4) is 0 Å². The van der Waals surface area contributed by atoms with Crippen LogP contribution >= 0.6 is 27.2 Å². The summed E-state index contributed by atoms with van der Waals surface area (Å²) < 4.78 is 10.3. The van der Waals surface area contributed by atoms with Crippen LogP contribution in [-0.2, 0) is 18.0 Å². The highest BCUT2D eigenvalue weighted by Crippen LogP contribution is 2.59. The maximum Gasteiger partial charge on any atom is 0.124 e. The van der Waals surface area contributed by atoms with Crippen LogP contribution in [0.15, 0.2) is 24.3 Å². The topological polar surface area (TPSA) is 0 Å². The summed E-state index contributed by atoms with van der Waals surface area (Å²) in [7, 11) is 0. The highest BCUT2D eigenvalue weighted by atomic mass is 35.9. The second kappa shape index (κ2) is 4.06. The molecule has 0 atom stereocenters. The highest BCUT2D eigenvalue weighted by Gasteiger charge is 2.09. The van der Waals surface area contributed by atoms with E-state index in [9.17, 15) is 4.39 Å². The summed E-state index contributed by atoms with van der Waals surface area (Å²) in [5.41, 5.74) is 0.753. The zero-order chi connectivity index (χ0) is 9.19. The molecule has 0 amide bonds. The van der Waals surface area contributed by atoms with Gasteiger partial charge in [0.25, 0.3) is 0 Å². The van der Waals surface area contributed by atoms with Gasteiger partial charge in [-0.3, -0.25) is 0 Å². The molecule has 0 fully saturated rings. The van der Waals surface area contributed by atoms with Gasteiger partial charge < -0.3 is 0 Å². The first-order chi connectivity index (χ1) is 5.47. The van der Waals surface area contributed by atoms with Gasteiger partial charge in [0.1, 0.15) is 10.6 Å². The SMILES string of the molecule is Fc1cccc(CP(=S)(Cl)Cl)c1. The van der Waals surface area contributed by atoms with Crippen molar-refractivity contribution >= 4 is 39.0 Å². The van der Waals surface area contributed by atoms with Crippen molar-refractivity contribution in [2.24, 2.45) is 0 Å². The van der Waals surface area contributed by atoms with Crippen LogP contribution < -0.4 is 0 Å². The van der Waals surface area contributed by atoms with Crippen LogP contribution in [0.3, 0.4) is 0 Å². The van der Waals surface area contributed by atoms with Gasteiger partial charge in [-0.25, -0.2) is 4.39 Å². The van der Waals surface area contributed by atoms with Crippen molar-refractivity contribution in [3.05, 3.63) is 35.6 Å². The summed E-state index contributed by atoms with van der Waals surface area (Å²) in [6, 6.07) is 6.14. The minimum Gasteiger partial charge on any atom is -0.207 e. The number of benzene rings is 1. The third kappa shape index (κ3) is 3.86. The maximum atomic E-state index is 12.6. The zero-order valence-electron chi connectivity index (χ0n) is 6.01. The molecule has 0 aliphatic rings. The van der Waals surface area contributed by atoms with Crippen molar-refractivity contribution in [1.82, 2.24) is 0 Å². The third-order valence-corrected chi connectivity index (χ3v) is 3.09. The smallest absolute Gasteiger partial charge is 0.124 e. The molecule has 1 aromatic carbocycles.